The number of carbonyl (C=O) groups is 2. The first kappa shape index (κ1) is 21.6. The maximum Gasteiger partial charge on any atom is 0.255 e. The van der Waals surface area contributed by atoms with Crippen LogP contribution < -0.4 is 15.4 Å². The van der Waals surface area contributed by atoms with Crippen LogP contribution in [0.25, 0.3) is 0 Å². The molecule has 0 unspecified atom stereocenters. The molecule has 0 saturated heterocycles. The van der Waals surface area contributed by atoms with Gasteiger partial charge in [-0.2, -0.15) is 0 Å². The van der Waals surface area contributed by atoms with E-state index in [1.807, 2.05) is 31.2 Å². The lowest BCUT2D eigenvalue weighted by molar-refractivity contribution is -0.117. The number of anilines is 2. The number of ether oxygens (including phenoxy) is 1. The zero-order valence-corrected chi connectivity index (χ0v) is 18.0. The van der Waals surface area contributed by atoms with E-state index >= 15 is 0 Å². The fourth-order valence-corrected chi connectivity index (χ4v) is 3.45. The predicted molar refractivity (Wildman–Crippen MR) is 123 cm³/mol. The van der Waals surface area contributed by atoms with Gasteiger partial charge in [-0.15, -0.1) is 0 Å². The van der Waals surface area contributed by atoms with Gasteiger partial charge in [0.05, 0.1) is 26.0 Å². The highest BCUT2D eigenvalue weighted by atomic mass is 16.5. The smallest absolute Gasteiger partial charge is 0.255 e. The van der Waals surface area contributed by atoms with Crippen molar-refractivity contribution in [2.24, 2.45) is 0 Å². The summed E-state index contributed by atoms with van der Waals surface area (Å²) in [4.78, 5) is 27.2. The first-order chi connectivity index (χ1) is 15.6. The molecule has 3 aromatic rings. The molecule has 166 valence electrons. The van der Waals surface area contributed by atoms with Gasteiger partial charge in [0.15, 0.2) is 0 Å². The quantitative estimate of drug-likeness (QED) is 0.491. The Morgan fingerprint density at radius 3 is 2.31 bits per heavy atom. The number of hydrogen-bond acceptors (Lipinski definition) is 5. The van der Waals surface area contributed by atoms with Crippen molar-refractivity contribution in [1.29, 1.82) is 0 Å². The van der Waals surface area contributed by atoms with Crippen molar-refractivity contribution in [2.75, 3.05) is 23.8 Å². The molecule has 2 N–H and O–H groups in total. The van der Waals surface area contributed by atoms with Gasteiger partial charge >= 0.3 is 0 Å². The van der Waals surface area contributed by atoms with Crippen LogP contribution in [0, 0.1) is 0 Å². The average molecular weight is 434 g/mol. The van der Waals surface area contributed by atoms with Crippen LogP contribution in [0.15, 0.2) is 71.3 Å². The lowest BCUT2D eigenvalue weighted by Gasteiger charge is -2.20. The molecule has 0 aliphatic heterocycles. The van der Waals surface area contributed by atoms with E-state index < -0.39 is 0 Å². The van der Waals surface area contributed by atoms with Crippen molar-refractivity contribution in [3.63, 3.8) is 0 Å². The van der Waals surface area contributed by atoms with Crippen molar-refractivity contribution in [3.05, 3.63) is 78.3 Å². The Kier molecular flexibility index (Phi) is 6.87. The minimum atomic E-state index is -0.217. The molecule has 0 atom stereocenters. The van der Waals surface area contributed by atoms with Crippen molar-refractivity contribution in [2.45, 2.75) is 32.4 Å². The van der Waals surface area contributed by atoms with Crippen LogP contribution in [0.4, 0.5) is 11.4 Å². The fraction of sp³-hybridized carbons (Fsp3) is 0.280. The summed E-state index contributed by atoms with van der Waals surface area (Å²) in [6, 6.07) is 18.3. The van der Waals surface area contributed by atoms with Crippen LogP contribution in [0.3, 0.4) is 0 Å². The molecule has 32 heavy (non-hydrogen) atoms. The van der Waals surface area contributed by atoms with Gasteiger partial charge in [0.1, 0.15) is 11.5 Å². The van der Waals surface area contributed by atoms with Gasteiger partial charge in [0.25, 0.3) is 5.91 Å². The Morgan fingerprint density at radius 1 is 1.00 bits per heavy atom. The van der Waals surface area contributed by atoms with E-state index in [0.29, 0.717) is 42.7 Å². The molecule has 1 fully saturated rings. The van der Waals surface area contributed by atoms with E-state index in [2.05, 4.69) is 15.5 Å². The molecule has 0 bridgehead atoms. The van der Waals surface area contributed by atoms with E-state index in [0.717, 1.165) is 24.4 Å². The number of carbonyl (C=O) groups excluding carboxylic acids is 2. The Morgan fingerprint density at radius 2 is 1.69 bits per heavy atom. The monoisotopic (exact) mass is 433 g/mol. The molecule has 1 aliphatic rings. The van der Waals surface area contributed by atoms with Crippen LogP contribution in [0.2, 0.25) is 0 Å². The normalized spacial score (nSPS) is 13.1. The van der Waals surface area contributed by atoms with Crippen LogP contribution >= 0.6 is 0 Å². The fourth-order valence-electron chi connectivity index (χ4n) is 3.45. The number of nitrogens with one attached hydrogen (secondary N) is 2. The van der Waals surface area contributed by atoms with Crippen LogP contribution in [0.5, 0.6) is 5.75 Å². The van der Waals surface area contributed by atoms with Crippen LogP contribution in [-0.4, -0.2) is 35.9 Å². The molecule has 2 aromatic carbocycles. The van der Waals surface area contributed by atoms with Gasteiger partial charge < -0.3 is 19.8 Å². The van der Waals surface area contributed by atoms with Crippen LogP contribution in [0.1, 0.15) is 35.9 Å². The summed E-state index contributed by atoms with van der Waals surface area (Å²) in [5.74, 6) is 1.31. The zero-order valence-electron chi connectivity index (χ0n) is 18.0. The van der Waals surface area contributed by atoms with Crippen molar-refractivity contribution in [1.82, 2.24) is 4.90 Å². The summed E-state index contributed by atoms with van der Waals surface area (Å²) in [7, 11) is 0. The Balaban J connectivity index is 1.29. The first-order valence-electron chi connectivity index (χ1n) is 10.8. The van der Waals surface area contributed by atoms with Gasteiger partial charge in [0, 0.05) is 23.0 Å². The molecular formula is C25H27N3O4. The predicted octanol–water partition coefficient (Wildman–Crippen LogP) is 4.53. The molecule has 1 saturated carbocycles. The summed E-state index contributed by atoms with van der Waals surface area (Å²) in [6.07, 6.45) is 3.85. The number of rotatable bonds is 10. The van der Waals surface area contributed by atoms with E-state index in [-0.39, 0.29) is 11.8 Å². The third-order valence-corrected chi connectivity index (χ3v) is 5.20. The molecular weight excluding hydrogens is 406 g/mol. The molecule has 1 aromatic heterocycles. The molecule has 7 nitrogen and oxygen atoms in total. The SMILES string of the molecule is CCOc1ccc(NC(=O)c2ccc(NC(=O)CN(Cc3ccco3)C3CC3)cc2)cc1. The van der Waals surface area contributed by atoms with Crippen molar-refractivity contribution in [3.8, 4) is 5.75 Å². The summed E-state index contributed by atoms with van der Waals surface area (Å²) >= 11 is 0. The van der Waals surface area contributed by atoms with Gasteiger partial charge in [0.2, 0.25) is 5.91 Å². The second-order valence-corrected chi connectivity index (χ2v) is 7.75. The molecule has 1 heterocycles. The Bertz CT molecular complexity index is 1030. The van der Waals surface area contributed by atoms with Crippen LogP contribution in [-0.2, 0) is 11.3 Å². The Hall–Kier alpha value is -3.58. The lowest BCUT2D eigenvalue weighted by atomic mass is 10.2. The van der Waals surface area contributed by atoms with E-state index in [1.54, 1.807) is 42.7 Å². The zero-order chi connectivity index (χ0) is 22.3. The summed E-state index contributed by atoms with van der Waals surface area (Å²) in [6.45, 7) is 3.43. The lowest BCUT2D eigenvalue weighted by Crippen LogP contribution is -2.34. The third-order valence-electron chi connectivity index (χ3n) is 5.20. The van der Waals surface area contributed by atoms with E-state index in [1.165, 1.54) is 0 Å². The van der Waals surface area contributed by atoms with E-state index in [9.17, 15) is 9.59 Å². The molecule has 0 spiro atoms. The first-order valence-corrected chi connectivity index (χ1v) is 10.8. The van der Waals surface area contributed by atoms with E-state index in [4.69, 9.17) is 9.15 Å². The number of benzene rings is 2. The largest absolute Gasteiger partial charge is 0.494 e. The maximum absolute atomic E-state index is 12.5. The van der Waals surface area contributed by atoms with Gasteiger partial charge in [-0.05, 0) is 80.4 Å². The number of hydrogen-bond donors (Lipinski definition) is 2. The van der Waals surface area contributed by atoms with Crippen molar-refractivity contribution >= 4 is 23.2 Å². The summed E-state index contributed by atoms with van der Waals surface area (Å²) in [5.41, 5.74) is 1.85. The van der Waals surface area contributed by atoms with Crippen molar-refractivity contribution < 1.29 is 18.7 Å². The average Bonchev–Trinajstić information content (AvgIpc) is 3.52. The van der Waals surface area contributed by atoms with Gasteiger partial charge in [-0.1, -0.05) is 0 Å². The topological polar surface area (TPSA) is 83.8 Å². The third kappa shape index (κ3) is 5.98. The highest BCUT2D eigenvalue weighted by molar-refractivity contribution is 6.04. The molecule has 0 radical (unpaired) electrons. The summed E-state index contributed by atoms with van der Waals surface area (Å²) in [5, 5.41) is 5.77. The second-order valence-electron chi connectivity index (χ2n) is 7.75. The van der Waals surface area contributed by atoms with Gasteiger partial charge in [-0.25, -0.2) is 0 Å². The molecule has 2 amide bonds. The number of amides is 2. The number of nitrogens with zero attached hydrogens (tertiary/aromatic N) is 1. The maximum atomic E-state index is 12.5. The molecule has 7 heteroatoms. The van der Waals surface area contributed by atoms with Gasteiger partial charge in [-0.3, -0.25) is 14.5 Å². The second kappa shape index (κ2) is 10.2. The highest BCUT2D eigenvalue weighted by Gasteiger charge is 2.30. The highest BCUT2D eigenvalue weighted by Crippen LogP contribution is 2.28. The molecule has 1 aliphatic carbocycles. The minimum Gasteiger partial charge on any atom is -0.494 e. The number of furan rings is 1. The Labute approximate surface area is 187 Å². The standard InChI is InChI=1S/C25H27N3O4/c1-2-31-22-13-9-20(10-14-22)27-25(30)18-5-7-19(8-6-18)26-24(29)17-28(21-11-12-21)16-23-4-3-15-32-23/h3-10,13-15,21H,2,11-12,16-17H2,1H3,(H,26,29)(H,27,30). The molecule has 4 rings (SSSR count). The summed E-state index contributed by atoms with van der Waals surface area (Å²) < 4.78 is 10.8. The minimum absolute atomic E-state index is 0.0879.